The topological polar surface area (TPSA) is 60.7 Å². The Labute approximate surface area is 141 Å². The van der Waals surface area contributed by atoms with Crippen molar-refractivity contribution < 1.29 is 15.3 Å². The summed E-state index contributed by atoms with van der Waals surface area (Å²) in [4.78, 5) is 0. The predicted molar refractivity (Wildman–Crippen MR) is 96.1 cm³/mol. The van der Waals surface area contributed by atoms with Crippen LogP contribution in [0, 0.1) is 11.8 Å². The summed E-state index contributed by atoms with van der Waals surface area (Å²) in [5.74, 6) is 0.766. The Balaban J connectivity index is 3.05. The van der Waals surface area contributed by atoms with E-state index in [1.807, 2.05) is 18.2 Å². The minimum absolute atomic E-state index is 0.316. The van der Waals surface area contributed by atoms with Crippen LogP contribution in [-0.2, 0) is 0 Å². The van der Waals surface area contributed by atoms with Gasteiger partial charge in [-0.2, -0.15) is 0 Å². The highest BCUT2D eigenvalue weighted by atomic mass is 16.3. The van der Waals surface area contributed by atoms with Crippen LogP contribution in [0.2, 0.25) is 0 Å². The molecule has 0 heterocycles. The standard InChI is InChI=1S/C20H34O3/c1-16(2)17-8-14-19(4,22)12-6-10-18(3,21)11-7-13-20(5,23)15-9-17/h6-8,10,13-14,16-17,21-23H,9,11-12,15H2,1-5H3/b10-6+,13-7+,14-8+/t17-,18+,19+,20-/m0/s1. The van der Waals surface area contributed by atoms with Gasteiger partial charge in [-0.1, -0.05) is 50.3 Å². The van der Waals surface area contributed by atoms with Gasteiger partial charge in [-0.05, 0) is 58.3 Å². The molecule has 0 amide bonds. The van der Waals surface area contributed by atoms with Gasteiger partial charge in [0.15, 0.2) is 0 Å². The molecule has 0 aromatic carbocycles. The van der Waals surface area contributed by atoms with Gasteiger partial charge in [0.25, 0.3) is 0 Å². The van der Waals surface area contributed by atoms with Crippen LogP contribution in [0.15, 0.2) is 36.5 Å². The molecule has 23 heavy (non-hydrogen) atoms. The minimum atomic E-state index is -0.975. The minimum Gasteiger partial charge on any atom is -0.386 e. The third kappa shape index (κ3) is 7.96. The van der Waals surface area contributed by atoms with E-state index in [1.165, 1.54) is 0 Å². The smallest absolute Gasteiger partial charge is 0.0834 e. The molecule has 0 fully saturated rings. The Morgan fingerprint density at radius 1 is 0.826 bits per heavy atom. The quantitative estimate of drug-likeness (QED) is 0.644. The second kappa shape index (κ2) is 7.78. The van der Waals surface area contributed by atoms with Gasteiger partial charge in [0.05, 0.1) is 16.8 Å². The summed E-state index contributed by atoms with van der Waals surface area (Å²) < 4.78 is 0. The molecule has 0 saturated carbocycles. The van der Waals surface area contributed by atoms with Crippen LogP contribution in [-0.4, -0.2) is 32.1 Å². The van der Waals surface area contributed by atoms with Crippen LogP contribution in [0.4, 0.5) is 0 Å². The fraction of sp³-hybridized carbons (Fsp3) is 0.700. The zero-order valence-corrected chi connectivity index (χ0v) is 15.3. The van der Waals surface area contributed by atoms with Crippen molar-refractivity contribution in [3.63, 3.8) is 0 Å². The van der Waals surface area contributed by atoms with Crippen LogP contribution in [0.25, 0.3) is 0 Å². The molecular formula is C20H34O3. The van der Waals surface area contributed by atoms with E-state index < -0.39 is 16.8 Å². The normalized spacial score (nSPS) is 44.5. The summed E-state index contributed by atoms with van der Waals surface area (Å²) >= 11 is 0. The van der Waals surface area contributed by atoms with Crippen LogP contribution in [0.5, 0.6) is 0 Å². The van der Waals surface area contributed by atoms with E-state index in [4.69, 9.17) is 0 Å². The first-order valence-corrected chi connectivity index (χ1v) is 8.64. The van der Waals surface area contributed by atoms with Gasteiger partial charge in [-0.3, -0.25) is 0 Å². The van der Waals surface area contributed by atoms with Crippen LogP contribution < -0.4 is 0 Å². The van der Waals surface area contributed by atoms with Crippen LogP contribution >= 0.6 is 0 Å². The van der Waals surface area contributed by atoms with Crippen molar-refractivity contribution in [3.05, 3.63) is 36.5 Å². The van der Waals surface area contributed by atoms with Crippen molar-refractivity contribution >= 4 is 0 Å². The first-order chi connectivity index (χ1) is 10.4. The third-order valence-electron chi connectivity index (χ3n) is 4.56. The zero-order valence-electron chi connectivity index (χ0n) is 15.3. The number of rotatable bonds is 1. The first-order valence-electron chi connectivity index (χ1n) is 8.64. The van der Waals surface area contributed by atoms with Crippen LogP contribution in [0.1, 0.15) is 60.3 Å². The molecule has 0 spiro atoms. The first kappa shape index (κ1) is 20.1. The molecule has 0 aromatic heterocycles. The van der Waals surface area contributed by atoms with Gasteiger partial charge >= 0.3 is 0 Å². The zero-order chi connectivity index (χ0) is 17.7. The average molecular weight is 322 g/mol. The second-order valence-corrected chi connectivity index (χ2v) is 8.09. The molecule has 0 aromatic rings. The molecule has 1 aliphatic carbocycles. The second-order valence-electron chi connectivity index (χ2n) is 8.09. The Bertz CT molecular complexity index is 454. The monoisotopic (exact) mass is 322 g/mol. The summed E-state index contributed by atoms with van der Waals surface area (Å²) in [6.45, 7) is 9.63. The molecule has 0 unspecified atom stereocenters. The largest absolute Gasteiger partial charge is 0.386 e. The van der Waals surface area contributed by atoms with Crippen LogP contribution in [0.3, 0.4) is 0 Å². The van der Waals surface area contributed by atoms with E-state index in [0.29, 0.717) is 31.1 Å². The molecule has 0 saturated heterocycles. The summed E-state index contributed by atoms with van der Waals surface area (Å²) in [6.07, 6.45) is 13.5. The SMILES string of the molecule is CC(C)[C@H]1/C=C/[C@](C)(O)C/C=C/[C@@](C)(O)C/C=C/[C@](C)(O)CC1. The molecule has 3 heteroatoms. The van der Waals surface area contributed by atoms with E-state index >= 15 is 0 Å². The molecule has 1 rings (SSSR count). The van der Waals surface area contributed by atoms with Gasteiger partial charge in [-0.25, -0.2) is 0 Å². The van der Waals surface area contributed by atoms with Crippen molar-refractivity contribution in [2.45, 2.75) is 77.1 Å². The number of allylic oxidation sites excluding steroid dienone is 1. The lowest BCUT2D eigenvalue weighted by atomic mass is 9.84. The molecule has 3 N–H and O–H groups in total. The maximum absolute atomic E-state index is 10.5. The lowest BCUT2D eigenvalue weighted by Gasteiger charge is -2.26. The van der Waals surface area contributed by atoms with E-state index in [9.17, 15) is 15.3 Å². The Morgan fingerprint density at radius 2 is 1.30 bits per heavy atom. The van der Waals surface area contributed by atoms with E-state index in [0.717, 1.165) is 6.42 Å². The van der Waals surface area contributed by atoms with Crippen molar-refractivity contribution in [3.8, 4) is 0 Å². The maximum Gasteiger partial charge on any atom is 0.0834 e. The molecule has 0 bridgehead atoms. The van der Waals surface area contributed by atoms with Crippen molar-refractivity contribution in [2.75, 3.05) is 0 Å². The summed E-state index contributed by atoms with van der Waals surface area (Å²) in [7, 11) is 0. The van der Waals surface area contributed by atoms with Gasteiger partial charge in [0.2, 0.25) is 0 Å². The lowest BCUT2D eigenvalue weighted by Crippen LogP contribution is -2.26. The highest BCUT2D eigenvalue weighted by molar-refractivity contribution is 5.11. The molecule has 0 radical (unpaired) electrons. The fourth-order valence-electron chi connectivity index (χ4n) is 2.76. The molecule has 3 nitrogen and oxygen atoms in total. The molecule has 132 valence electrons. The highest BCUT2D eigenvalue weighted by Gasteiger charge is 2.23. The van der Waals surface area contributed by atoms with E-state index in [1.54, 1.807) is 32.9 Å². The fourth-order valence-corrected chi connectivity index (χ4v) is 2.76. The van der Waals surface area contributed by atoms with Gasteiger partial charge in [0, 0.05) is 0 Å². The Kier molecular flexibility index (Phi) is 6.81. The van der Waals surface area contributed by atoms with Crippen molar-refractivity contribution in [1.82, 2.24) is 0 Å². The molecular weight excluding hydrogens is 288 g/mol. The van der Waals surface area contributed by atoms with Gasteiger partial charge < -0.3 is 15.3 Å². The average Bonchev–Trinajstić information content (AvgIpc) is 2.35. The molecule has 4 atom stereocenters. The van der Waals surface area contributed by atoms with Crippen molar-refractivity contribution in [2.24, 2.45) is 11.8 Å². The predicted octanol–water partition coefficient (Wildman–Crippen LogP) is 3.75. The lowest BCUT2D eigenvalue weighted by molar-refractivity contribution is 0.0892. The summed E-state index contributed by atoms with van der Waals surface area (Å²) in [6, 6.07) is 0. The number of hydrogen-bond acceptors (Lipinski definition) is 3. The van der Waals surface area contributed by atoms with E-state index in [-0.39, 0.29) is 0 Å². The highest BCUT2D eigenvalue weighted by Crippen LogP contribution is 2.27. The molecule has 1 aliphatic rings. The summed E-state index contributed by atoms with van der Waals surface area (Å²) in [5.41, 5.74) is -2.79. The maximum atomic E-state index is 10.5. The van der Waals surface area contributed by atoms with Gasteiger partial charge in [-0.15, -0.1) is 0 Å². The number of aliphatic hydroxyl groups is 3. The summed E-state index contributed by atoms with van der Waals surface area (Å²) in [5, 5.41) is 31.3. The van der Waals surface area contributed by atoms with Crippen molar-refractivity contribution in [1.29, 1.82) is 0 Å². The van der Waals surface area contributed by atoms with Gasteiger partial charge in [0.1, 0.15) is 0 Å². The van der Waals surface area contributed by atoms with E-state index in [2.05, 4.69) is 19.9 Å². The Hall–Kier alpha value is -0.900. The Morgan fingerprint density at radius 3 is 1.83 bits per heavy atom. The number of hydrogen-bond donors (Lipinski definition) is 3. The molecule has 0 aliphatic heterocycles. The third-order valence-corrected chi connectivity index (χ3v) is 4.56.